The maximum absolute atomic E-state index is 13.8. The maximum atomic E-state index is 13.8. The molecule has 0 aromatic rings. The highest BCUT2D eigenvalue weighted by Crippen LogP contribution is 2.24. The number of amides is 1. The van der Waals surface area contributed by atoms with E-state index in [9.17, 15) is 27.2 Å². The van der Waals surface area contributed by atoms with Crippen LogP contribution in [0.25, 0.3) is 0 Å². The zero-order valence-electron chi connectivity index (χ0n) is 33.4. The van der Waals surface area contributed by atoms with Gasteiger partial charge in [0.2, 0.25) is 5.91 Å². The van der Waals surface area contributed by atoms with Gasteiger partial charge in [0.05, 0.1) is 0 Å². The van der Waals surface area contributed by atoms with Crippen molar-refractivity contribution in [3.8, 4) is 0 Å². The molecular formula is C42H75F4N3O3. The van der Waals surface area contributed by atoms with Gasteiger partial charge in [-0.1, -0.05) is 96.8 Å². The summed E-state index contributed by atoms with van der Waals surface area (Å²) in [6.07, 6.45) is 22.8. The molecule has 0 aromatic heterocycles. The summed E-state index contributed by atoms with van der Waals surface area (Å²) in [5.41, 5.74) is 0.870. The molecule has 0 rings (SSSR count). The van der Waals surface area contributed by atoms with E-state index in [2.05, 4.69) is 22.1 Å². The van der Waals surface area contributed by atoms with Gasteiger partial charge in [0, 0.05) is 44.5 Å². The molecule has 0 aromatic carbocycles. The topological polar surface area (TPSA) is 70.7 Å². The van der Waals surface area contributed by atoms with E-state index in [1.807, 2.05) is 27.9 Å². The highest BCUT2D eigenvalue weighted by molar-refractivity contribution is 5.75. The normalized spacial score (nSPS) is 12.9. The fourth-order valence-corrected chi connectivity index (χ4v) is 5.88. The average Bonchev–Trinajstić information content (AvgIpc) is 3.07. The summed E-state index contributed by atoms with van der Waals surface area (Å²) in [5.74, 6) is -5.82. The highest BCUT2D eigenvalue weighted by Gasteiger charge is 2.24. The molecule has 0 spiro atoms. The maximum Gasteiger partial charge on any atom is 0.306 e. The molecule has 0 radical (unpaired) electrons. The quantitative estimate of drug-likeness (QED) is 0.0289. The molecule has 0 bridgehead atoms. The van der Waals surface area contributed by atoms with Gasteiger partial charge >= 0.3 is 5.97 Å². The van der Waals surface area contributed by atoms with E-state index < -0.39 is 11.8 Å². The van der Waals surface area contributed by atoms with Gasteiger partial charge in [-0.15, -0.1) is 0 Å². The Morgan fingerprint density at radius 2 is 1.13 bits per heavy atom. The second-order valence-electron chi connectivity index (χ2n) is 14.7. The second kappa shape index (κ2) is 32.1. The predicted octanol–water partition coefficient (Wildman–Crippen LogP) is 11.5. The van der Waals surface area contributed by atoms with Crippen LogP contribution in [-0.4, -0.2) is 68.5 Å². The Labute approximate surface area is 315 Å². The number of hydrogen-bond acceptors (Lipinski definition) is 5. The number of nitrogens with zero attached hydrogens (tertiary/aromatic N) is 1. The third kappa shape index (κ3) is 33.5. The standard InChI is InChI=1S/C42H75F4N3O3/c1-6-8-20-30-41(43,44)32-23-34-47-37(3)25-16-12-10-13-17-26-38(52-40(51)29-22-36-49(4)5)27-18-14-11-15-19-28-39(50)48-35-24-33-42(45,46)31-21-9-7-2/h23-24,32-33,38,47H,3,6-22,25-31,34-36H2,1-2,4-5H3,(H,48,50)/b32-23-,33-24-. The van der Waals surface area contributed by atoms with E-state index in [4.69, 9.17) is 4.74 Å². The molecule has 1 amide bonds. The second-order valence-corrected chi connectivity index (χ2v) is 14.7. The van der Waals surface area contributed by atoms with Crippen molar-refractivity contribution in [1.29, 1.82) is 0 Å². The number of rotatable bonds is 36. The summed E-state index contributed by atoms with van der Waals surface area (Å²) in [6, 6.07) is 0. The Morgan fingerprint density at radius 1 is 0.654 bits per heavy atom. The number of allylic oxidation sites excluding steroid dienone is 3. The van der Waals surface area contributed by atoms with Crippen LogP contribution in [0.2, 0.25) is 0 Å². The molecule has 2 N–H and O–H groups in total. The number of alkyl halides is 4. The zero-order valence-corrected chi connectivity index (χ0v) is 33.4. The van der Waals surface area contributed by atoms with E-state index in [-0.39, 0.29) is 37.4 Å². The van der Waals surface area contributed by atoms with Gasteiger partial charge < -0.3 is 20.3 Å². The zero-order chi connectivity index (χ0) is 38.9. The number of carbonyl (C=O) groups is 2. The summed E-state index contributed by atoms with van der Waals surface area (Å²) < 4.78 is 61.2. The Kier molecular flexibility index (Phi) is 30.6. The number of unbranched alkanes of at least 4 members (excludes halogenated alkanes) is 12. The van der Waals surface area contributed by atoms with Crippen molar-refractivity contribution in [3.63, 3.8) is 0 Å². The first kappa shape index (κ1) is 49.6. The van der Waals surface area contributed by atoms with Gasteiger partial charge in [0.1, 0.15) is 6.10 Å². The van der Waals surface area contributed by atoms with Crippen molar-refractivity contribution >= 4 is 11.9 Å². The summed E-state index contributed by atoms with van der Waals surface area (Å²) in [6.45, 7) is 9.34. The first-order valence-corrected chi connectivity index (χ1v) is 20.4. The minimum Gasteiger partial charge on any atom is -0.462 e. The van der Waals surface area contributed by atoms with Crippen molar-refractivity contribution in [2.75, 3.05) is 33.7 Å². The van der Waals surface area contributed by atoms with Gasteiger partial charge in [-0.05, 0) is 97.0 Å². The molecular weight excluding hydrogens is 670 g/mol. The van der Waals surface area contributed by atoms with E-state index in [0.29, 0.717) is 32.2 Å². The summed E-state index contributed by atoms with van der Waals surface area (Å²) in [4.78, 5) is 26.7. The minimum atomic E-state index is -2.82. The van der Waals surface area contributed by atoms with Crippen molar-refractivity contribution in [3.05, 3.63) is 36.6 Å². The van der Waals surface area contributed by atoms with Crippen molar-refractivity contribution < 1.29 is 31.9 Å². The third-order valence-electron chi connectivity index (χ3n) is 9.06. The van der Waals surface area contributed by atoms with Gasteiger partial charge in [-0.3, -0.25) is 9.59 Å². The smallest absolute Gasteiger partial charge is 0.306 e. The Bertz CT molecular complexity index is 910. The number of carbonyl (C=O) groups excluding carboxylic acids is 2. The SMILES string of the molecule is C=C(CCCCCCCC(CCCCCCCC(=O)NC/C=C\C(F)(F)CCCCC)OC(=O)CCCN(C)C)NC/C=C\C(F)(F)CCCCC. The van der Waals surface area contributed by atoms with Gasteiger partial charge in [-0.25, -0.2) is 17.6 Å². The number of esters is 1. The minimum absolute atomic E-state index is 0.0826. The van der Waals surface area contributed by atoms with Crippen LogP contribution >= 0.6 is 0 Å². The fraction of sp³-hybridized carbons (Fsp3) is 0.810. The van der Waals surface area contributed by atoms with Crippen LogP contribution in [0.3, 0.4) is 0 Å². The molecule has 1 unspecified atom stereocenters. The summed E-state index contributed by atoms with van der Waals surface area (Å²) >= 11 is 0. The number of nitrogens with one attached hydrogen (secondary N) is 2. The van der Waals surface area contributed by atoms with Crippen molar-refractivity contribution in [2.24, 2.45) is 0 Å². The van der Waals surface area contributed by atoms with Crippen LogP contribution in [0.4, 0.5) is 17.6 Å². The number of ether oxygens (including phenoxy) is 1. The lowest BCUT2D eigenvalue weighted by atomic mass is 10.0. The van der Waals surface area contributed by atoms with Crippen LogP contribution < -0.4 is 10.6 Å². The largest absolute Gasteiger partial charge is 0.462 e. The summed E-state index contributed by atoms with van der Waals surface area (Å²) in [5, 5.41) is 5.83. The number of halogens is 4. The van der Waals surface area contributed by atoms with Crippen LogP contribution in [0, 0.1) is 0 Å². The molecule has 0 heterocycles. The Morgan fingerprint density at radius 3 is 1.65 bits per heavy atom. The molecule has 6 nitrogen and oxygen atoms in total. The van der Waals surface area contributed by atoms with E-state index >= 15 is 0 Å². The van der Waals surface area contributed by atoms with Crippen LogP contribution in [0.5, 0.6) is 0 Å². The van der Waals surface area contributed by atoms with Crippen molar-refractivity contribution in [1.82, 2.24) is 15.5 Å². The molecule has 0 saturated heterocycles. The molecule has 1 atom stereocenters. The molecule has 10 heteroatoms. The lowest BCUT2D eigenvalue weighted by molar-refractivity contribution is -0.150. The molecule has 0 aliphatic rings. The lowest BCUT2D eigenvalue weighted by Crippen LogP contribution is -2.23. The van der Waals surface area contributed by atoms with Crippen LogP contribution in [-0.2, 0) is 14.3 Å². The van der Waals surface area contributed by atoms with Gasteiger partial charge in [0.15, 0.2) is 0 Å². The predicted molar refractivity (Wildman–Crippen MR) is 209 cm³/mol. The van der Waals surface area contributed by atoms with Crippen LogP contribution in [0.15, 0.2) is 36.6 Å². The molecule has 0 aliphatic heterocycles. The molecule has 0 saturated carbocycles. The van der Waals surface area contributed by atoms with Crippen molar-refractivity contribution in [2.45, 2.75) is 186 Å². The molecule has 0 aliphatic carbocycles. The van der Waals surface area contributed by atoms with E-state index in [0.717, 1.165) is 140 Å². The first-order chi connectivity index (χ1) is 24.8. The highest BCUT2D eigenvalue weighted by atomic mass is 19.3. The third-order valence-corrected chi connectivity index (χ3v) is 9.06. The van der Waals surface area contributed by atoms with Crippen LogP contribution in [0.1, 0.15) is 168 Å². The van der Waals surface area contributed by atoms with Gasteiger partial charge in [0.25, 0.3) is 11.8 Å². The van der Waals surface area contributed by atoms with Gasteiger partial charge in [-0.2, -0.15) is 0 Å². The van der Waals surface area contributed by atoms with E-state index in [1.165, 1.54) is 12.2 Å². The molecule has 304 valence electrons. The monoisotopic (exact) mass is 746 g/mol. The lowest BCUT2D eigenvalue weighted by Gasteiger charge is -2.18. The summed E-state index contributed by atoms with van der Waals surface area (Å²) in [7, 11) is 3.98. The first-order valence-electron chi connectivity index (χ1n) is 20.4. The average molecular weight is 746 g/mol. The molecule has 52 heavy (non-hydrogen) atoms. The fourth-order valence-electron chi connectivity index (χ4n) is 5.88. The van der Waals surface area contributed by atoms with E-state index in [1.54, 1.807) is 0 Å². The molecule has 0 fully saturated rings. The Balaban J connectivity index is 4.29. The Hall–Kier alpha value is -2.36. The number of hydrogen-bond donors (Lipinski definition) is 2.